The van der Waals surface area contributed by atoms with Crippen LogP contribution < -0.4 is 15.4 Å². The first-order chi connectivity index (χ1) is 9.93. The van der Waals surface area contributed by atoms with Crippen molar-refractivity contribution in [1.82, 2.24) is 0 Å². The van der Waals surface area contributed by atoms with Crippen molar-refractivity contribution in [3.8, 4) is 5.75 Å². The van der Waals surface area contributed by atoms with E-state index in [1.807, 2.05) is 19.1 Å². The fraction of sp³-hybridized carbons (Fsp3) is 0.667. The molecular weight excluding hydrogens is 260 g/mol. The fourth-order valence-corrected chi connectivity index (χ4v) is 3.29. The topological polar surface area (TPSA) is 38.5 Å². The summed E-state index contributed by atoms with van der Waals surface area (Å²) < 4.78 is 5.62. The summed E-state index contributed by atoms with van der Waals surface area (Å²) in [6.07, 6.45) is 3.78. The Hall–Kier alpha value is -1.38. The summed E-state index contributed by atoms with van der Waals surface area (Å²) in [7, 11) is 0. The summed E-state index contributed by atoms with van der Waals surface area (Å²) in [5, 5.41) is 0. The zero-order valence-electron chi connectivity index (χ0n) is 14.0. The molecule has 1 aromatic rings. The summed E-state index contributed by atoms with van der Waals surface area (Å²) in [5.41, 5.74) is 8.62. The molecule has 1 fully saturated rings. The SMILES string of the molecule is CCOc1cccc(N2CCCC(C(C)(C)C)CC2)c1N. The van der Waals surface area contributed by atoms with Gasteiger partial charge < -0.3 is 15.4 Å². The molecule has 2 N–H and O–H groups in total. The number of anilines is 2. The second kappa shape index (κ2) is 6.59. The van der Waals surface area contributed by atoms with Crippen LogP contribution in [0.15, 0.2) is 18.2 Å². The Balaban J connectivity index is 2.14. The molecule has 1 unspecified atom stereocenters. The minimum Gasteiger partial charge on any atom is -0.492 e. The molecule has 1 saturated heterocycles. The maximum atomic E-state index is 6.31. The van der Waals surface area contributed by atoms with Gasteiger partial charge in [0.25, 0.3) is 0 Å². The Kier molecular flexibility index (Phi) is 5.02. The van der Waals surface area contributed by atoms with Crippen molar-refractivity contribution < 1.29 is 4.74 Å². The molecule has 2 rings (SSSR count). The van der Waals surface area contributed by atoms with E-state index in [9.17, 15) is 0 Å². The quantitative estimate of drug-likeness (QED) is 0.843. The van der Waals surface area contributed by atoms with Crippen molar-refractivity contribution in [1.29, 1.82) is 0 Å². The molecule has 0 aliphatic carbocycles. The van der Waals surface area contributed by atoms with Crippen LogP contribution in [0.5, 0.6) is 5.75 Å². The van der Waals surface area contributed by atoms with Gasteiger partial charge in [-0.05, 0) is 49.7 Å². The third kappa shape index (κ3) is 3.84. The third-order valence-electron chi connectivity index (χ3n) is 4.64. The van der Waals surface area contributed by atoms with E-state index in [1.54, 1.807) is 0 Å². The Morgan fingerprint density at radius 1 is 1.24 bits per heavy atom. The lowest BCUT2D eigenvalue weighted by molar-refractivity contribution is 0.220. The minimum absolute atomic E-state index is 0.398. The Morgan fingerprint density at radius 3 is 2.67 bits per heavy atom. The monoisotopic (exact) mass is 290 g/mol. The number of para-hydroxylation sites is 1. The highest BCUT2D eigenvalue weighted by molar-refractivity contribution is 5.74. The summed E-state index contributed by atoms with van der Waals surface area (Å²) in [4.78, 5) is 2.43. The van der Waals surface area contributed by atoms with Gasteiger partial charge in [-0.2, -0.15) is 0 Å². The standard InChI is InChI=1S/C18H30N2O/c1-5-21-16-10-6-9-15(17(16)19)20-12-7-8-14(11-13-20)18(2,3)4/h6,9-10,14H,5,7-8,11-13,19H2,1-4H3. The molecule has 0 amide bonds. The smallest absolute Gasteiger partial charge is 0.144 e. The van der Waals surface area contributed by atoms with Crippen molar-refractivity contribution in [2.75, 3.05) is 30.3 Å². The van der Waals surface area contributed by atoms with Gasteiger partial charge in [-0.15, -0.1) is 0 Å². The van der Waals surface area contributed by atoms with Crippen LogP contribution in [-0.4, -0.2) is 19.7 Å². The van der Waals surface area contributed by atoms with Crippen molar-refractivity contribution >= 4 is 11.4 Å². The number of ether oxygens (including phenoxy) is 1. The Labute approximate surface area is 129 Å². The third-order valence-corrected chi connectivity index (χ3v) is 4.64. The summed E-state index contributed by atoms with van der Waals surface area (Å²) in [6.45, 7) is 11.9. The average Bonchev–Trinajstić information content (AvgIpc) is 2.67. The highest BCUT2D eigenvalue weighted by Crippen LogP contribution is 2.38. The van der Waals surface area contributed by atoms with Gasteiger partial charge in [0.15, 0.2) is 0 Å². The molecule has 3 nitrogen and oxygen atoms in total. The van der Waals surface area contributed by atoms with Crippen LogP contribution in [0.3, 0.4) is 0 Å². The first kappa shape index (κ1) is 16.0. The Morgan fingerprint density at radius 2 is 2.00 bits per heavy atom. The van der Waals surface area contributed by atoms with Gasteiger partial charge in [0.1, 0.15) is 5.75 Å². The molecule has 1 aromatic carbocycles. The van der Waals surface area contributed by atoms with Crippen molar-refractivity contribution in [3.05, 3.63) is 18.2 Å². The van der Waals surface area contributed by atoms with Crippen LogP contribution in [0.4, 0.5) is 11.4 Å². The van der Waals surface area contributed by atoms with Gasteiger partial charge in [-0.25, -0.2) is 0 Å². The predicted molar refractivity (Wildman–Crippen MR) is 91.0 cm³/mol. The maximum absolute atomic E-state index is 6.31. The number of hydrogen-bond acceptors (Lipinski definition) is 3. The van der Waals surface area contributed by atoms with Gasteiger partial charge in [0.2, 0.25) is 0 Å². The van der Waals surface area contributed by atoms with Crippen LogP contribution in [0.1, 0.15) is 47.0 Å². The van der Waals surface area contributed by atoms with Gasteiger partial charge in [-0.1, -0.05) is 26.8 Å². The normalized spacial score (nSPS) is 20.2. The summed E-state index contributed by atoms with van der Waals surface area (Å²) in [5.74, 6) is 1.60. The number of hydrogen-bond donors (Lipinski definition) is 1. The van der Waals surface area contributed by atoms with Crippen LogP contribution >= 0.6 is 0 Å². The van der Waals surface area contributed by atoms with E-state index in [2.05, 4.69) is 31.7 Å². The van der Waals surface area contributed by atoms with E-state index in [-0.39, 0.29) is 0 Å². The van der Waals surface area contributed by atoms with Crippen LogP contribution in [-0.2, 0) is 0 Å². The zero-order chi connectivity index (χ0) is 15.5. The second-order valence-electron chi connectivity index (χ2n) is 7.10. The van der Waals surface area contributed by atoms with Gasteiger partial charge in [-0.3, -0.25) is 0 Å². The molecule has 1 aliphatic rings. The molecule has 1 atom stereocenters. The van der Waals surface area contributed by atoms with Crippen molar-refractivity contribution in [2.24, 2.45) is 11.3 Å². The molecule has 0 spiro atoms. The van der Waals surface area contributed by atoms with Crippen molar-refractivity contribution in [2.45, 2.75) is 47.0 Å². The molecule has 1 aliphatic heterocycles. The van der Waals surface area contributed by atoms with Gasteiger partial charge in [0.05, 0.1) is 18.0 Å². The van der Waals surface area contributed by atoms with Crippen LogP contribution in [0, 0.1) is 11.3 Å². The van der Waals surface area contributed by atoms with E-state index in [0.717, 1.165) is 36.1 Å². The molecular formula is C18H30N2O. The average molecular weight is 290 g/mol. The minimum atomic E-state index is 0.398. The molecule has 118 valence electrons. The predicted octanol–water partition coefficient (Wildman–Crippen LogP) is 4.32. The first-order valence-corrected chi connectivity index (χ1v) is 8.19. The number of nitrogen functional groups attached to an aromatic ring is 1. The molecule has 0 aromatic heterocycles. The van der Waals surface area contributed by atoms with E-state index in [4.69, 9.17) is 10.5 Å². The molecule has 0 bridgehead atoms. The van der Waals surface area contributed by atoms with E-state index in [1.165, 1.54) is 19.3 Å². The lowest BCUT2D eigenvalue weighted by Gasteiger charge is -2.30. The number of benzene rings is 1. The molecule has 0 radical (unpaired) electrons. The summed E-state index contributed by atoms with van der Waals surface area (Å²) >= 11 is 0. The first-order valence-electron chi connectivity index (χ1n) is 8.19. The number of rotatable bonds is 3. The van der Waals surface area contributed by atoms with Gasteiger partial charge in [0, 0.05) is 13.1 Å². The Bertz CT molecular complexity index is 465. The lowest BCUT2D eigenvalue weighted by atomic mass is 9.77. The summed E-state index contributed by atoms with van der Waals surface area (Å²) in [6, 6.07) is 6.12. The number of nitrogens with two attached hydrogens (primary N) is 1. The number of nitrogens with zero attached hydrogens (tertiary/aromatic N) is 1. The molecule has 21 heavy (non-hydrogen) atoms. The van der Waals surface area contributed by atoms with E-state index in [0.29, 0.717) is 12.0 Å². The van der Waals surface area contributed by atoms with Crippen LogP contribution in [0.2, 0.25) is 0 Å². The molecule has 1 heterocycles. The second-order valence-corrected chi connectivity index (χ2v) is 7.10. The van der Waals surface area contributed by atoms with E-state index < -0.39 is 0 Å². The maximum Gasteiger partial charge on any atom is 0.144 e. The molecule has 3 heteroatoms. The van der Waals surface area contributed by atoms with Crippen LogP contribution in [0.25, 0.3) is 0 Å². The lowest BCUT2D eigenvalue weighted by Crippen LogP contribution is -2.26. The molecule has 0 saturated carbocycles. The van der Waals surface area contributed by atoms with Crippen molar-refractivity contribution in [3.63, 3.8) is 0 Å². The van der Waals surface area contributed by atoms with E-state index >= 15 is 0 Å². The highest BCUT2D eigenvalue weighted by Gasteiger charge is 2.27. The zero-order valence-corrected chi connectivity index (χ0v) is 14.0. The largest absolute Gasteiger partial charge is 0.492 e. The van der Waals surface area contributed by atoms with Gasteiger partial charge >= 0.3 is 0 Å². The fourth-order valence-electron chi connectivity index (χ4n) is 3.29. The highest BCUT2D eigenvalue weighted by atomic mass is 16.5.